The summed E-state index contributed by atoms with van der Waals surface area (Å²) in [5.41, 5.74) is 7.11. The quantitative estimate of drug-likeness (QED) is 0.744. The van der Waals surface area contributed by atoms with Crippen LogP contribution in [0.2, 0.25) is 0 Å². The summed E-state index contributed by atoms with van der Waals surface area (Å²) in [7, 11) is 3.37. The van der Waals surface area contributed by atoms with Crippen LogP contribution < -0.4 is 15.2 Å². The molecule has 0 bridgehead atoms. The predicted octanol–water partition coefficient (Wildman–Crippen LogP) is 3.67. The van der Waals surface area contributed by atoms with Gasteiger partial charge in [0.15, 0.2) is 0 Å². The Labute approximate surface area is 175 Å². The number of likely N-dealkylation sites (tertiary alicyclic amines) is 1. The number of piperidine rings is 1. The lowest BCUT2D eigenvalue weighted by Gasteiger charge is -2.34. The van der Waals surface area contributed by atoms with Crippen LogP contribution >= 0.6 is 12.4 Å². The third-order valence-electron chi connectivity index (χ3n) is 6.46. The number of rotatable bonds is 7. The van der Waals surface area contributed by atoms with Crippen molar-refractivity contribution in [3.05, 3.63) is 23.8 Å². The first-order valence-corrected chi connectivity index (χ1v) is 10.4. The summed E-state index contributed by atoms with van der Waals surface area (Å²) in [6, 6.07) is 6.09. The molecular weight excluding hydrogens is 376 g/mol. The van der Waals surface area contributed by atoms with Gasteiger partial charge in [-0.05, 0) is 74.6 Å². The number of amides is 1. The zero-order valence-corrected chi connectivity index (χ0v) is 18.0. The van der Waals surface area contributed by atoms with Crippen LogP contribution in [0.15, 0.2) is 18.2 Å². The smallest absolute Gasteiger partial charge is 0.226 e. The Balaban J connectivity index is 0.00000280. The number of ether oxygens (including phenoxy) is 2. The molecule has 1 saturated heterocycles. The summed E-state index contributed by atoms with van der Waals surface area (Å²) >= 11 is 0. The van der Waals surface area contributed by atoms with Crippen LogP contribution in [0.1, 0.15) is 44.1 Å². The second-order valence-electron chi connectivity index (χ2n) is 8.06. The second-order valence-corrected chi connectivity index (χ2v) is 8.06. The van der Waals surface area contributed by atoms with Gasteiger partial charge in [-0.3, -0.25) is 4.79 Å². The summed E-state index contributed by atoms with van der Waals surface area (Å²) in [4.78, 5) is 14.9. The van der Waals surface area contributed by atoms with E-state index in [2.05, 4.69) is 17.0 Å². The lowest BCUT2D eigenvalue weighted by Crippen LogP contribution is -2.43. The van der Waals surface area contributed by atoms with Gasteiger partial charge in [-0.2, -0.15) is 0 Å². The van der Waals surface area contributed by atoms with E-state index in [0.717, 1.165) is 69.5 Å². The number of benzene rings is 1. The van der Waals surface area contributed by atoms with E-state index in [1.165, 1.54) is 5.56 Å². The first kappa shape index (κ1) is 22.8. The summed E-state index contributed by atoms with van der Waals surface area (Å²) in [6.45, 7) is 2.45. The average molecular weight is 411 g/mol. The highest BCUT2D eigenvalue weighted by Crippen LogP contribution is 2.34. The van der Waals surface area contributed by atoms with E-state index in [1.54, 1.807) is 14.2 Å². The number of methoxy groups -OCH3 is 2. The van der Waals surface area contributed by atoms with E-state index >= 15 is 0 Å². The molecule has 1 aliphatic carbocycles. The summed E-state index contributed by atoms with van der Waals surface area (Å²) < 4.78 is 10.7. The molecule has 5 nitrogen and oxygen atoms in total. The van der Waals surface area contributed by atoms with Crippen molar-refractivity contribution in [2.24, 2.45) is 23.5 Å². The highest BCUT2D eigenvalue weighted by atomic mass is 35.5. The van der Waals surface area contributed by atoms with Crippen molar-refractivity contribution in [3.63, 3.8) is 0 Å². The molecule has 0 aromatic heterocycles. The van der Waals surface area contributed by atoms with Gasteiger partial charge in [-0.1, -0.05) is 6.42 Å². The van der Waals surface area contributed by atoms with E-state index in [1.807, 2.05) is 6.07 Å². The minimum Gasteiger partial charge on any atom is -0.497 e. The van der Waals surface area contributed by atoms with Gasteiger partial charge in [-0.15, -0.1) is 12.4 Å². The fourth-order valence-corrected chi connectivity index (χ4v) is 4.70. The Morgan fingerprint density at radius 1 is 1.07 bits per heavy atom. The van der Waals surface area contributed by atoms with Crippen molar-refractivity contribution < 1.29 is 14.3 Å². The summed E-state index contributed by atoms with van der Waals surface area (Å²) in [5, 5.41) is 0. The van der Waals surface area contributed by atoms with Gasteiger partial charge in [0.25, 0.3) is 0 Å². The van der Waals surface area contributed by atoms with Gasteiger partial charge in [0.1, 0.15) is 11.5 Å². The van der Waals surface area contributed by atoms with Gasteiger partial charge in [0, 0.05) is 25.1 Å². The lowest BCUT2D eigenvalue weighted by atomic mass is 9.88. The van der Waals surface area contributed by atoms with E-state index in [4.69, 9.17) is 15.2 Å². The van der Waals surface area contributed by atoms with Crippen molar-refractivity contribution in [3.8, 4) is 11.5 Å². The molecule has 2 aliphatic rings. The van der Waals surface area contributed by atoms with Crippen LogP contribution in [0.4, 0.5) is 0 Å². The van der Waals surface area contributed by atoms with E-state index < -0.39 is 0 Å². The van der Waals surface area contributed by atoms with E-state index in [-0.39, 0.29) is 18.3 Å². The van der Waals surface area contributed by atoms with Crippen molar-refractivity contribution in [2.45, 2.75) is 44.9 Å². The monoisotopic (exact) mass is 410 g/mol. The SMILES string of the molecule is COc1cc(CCC2CCN(C(=O)[C@@H]3CCC[C@@H]3CN)CC2)cc(OC)c1.Cl. The van der Waals surface area contributed by atoms with Crippen molar-refractivity contribution >= 4 is 18.3 Å². The molecule has 0 radical (unpaired) electrons. The van der Waals surface area contributed by atoms with Gasteiger partial charge in [-0.25, -0.2) is 0 Å². The number of carbonyl (C=O) groups excluding carboxylic acids is 1. The van der Waals surface area contributed by atoms with Gasteiger partial charge in [0.2, 0.25) is 5.91 Å². The Morgan fingerprint density at radius 3 is 2.29 bits per heavy atom. The third-order valence-corrected chi connectivity index (χ3v) is 6.46. The summed E-state index contributed by atoms with van der Waals surface area (Å²) in [5.74, 6) is 3.31. The molecule has 0 unspecified atom stereocenters. The van der Waals surface area contributed by atoms with Crippen LogP contribution in [0.5, 0.6) is 11.5 Å². The number of hydrogen-bond acceptors (Lipinski definition) is 4. The van der Waals surface area contributed by atoms with Crippen LogP contribution in [0, 0.1) is 17.8 Å². The first-order chi connectivity index (χ1) is 13.1. The van der Waals surface area contributed by atoms with Gasteiger partial charge < -0.3 is 20.1 Å². The normalized spacial score (nSPS) is 22.6. The van der Waals surface area contributed by atoms with Crippen molar-refractivity contribution in [1.82, 2.24) is 4.90 Å². The molecule has 2 atom stereocenters. The van der Waals surface area contributed by atoms with Crippen LogP contribution in [-0.2, 0) is 11.2 Å². The molecule has 3 rings (SSSR count). The predicted molar refractivity (Wildman–Crippen MR) is 114 cm³/mol. The molecule has 2 N–H and O–H groups in total. The first-order valence-electron chi connectivity index (χ1n) is 10.4. The fourth-order valence-electron chi connectivity index (χ4n) is 4.70. The Morgan fingerprint density at radius 2 is 1.71 bits per heavy atom. The highest BCUT2D eigenvalue weighted by molar-refractivity contribution is 5.85. The molecular formula is C22H35ClN2O3. The molecule has 1 heterocycles. The topological polar surface area (TPSA) is 64.8 Å². The molecule has 6 heteroatoms. The van der Waals surface area contributed by atoms with E-state index in [9.17, 15) is 4.79 Å². The molecule has 28 heavy (non-hydrogen) atoms. The molecule has 2 fully saturated rings. The number of halogens is 1. The van der Waals surface area contributed by atoms with Crippen LogP contribution in [-0.4, -0.2) is 44.7 Å². The maximum Gasteiger partial charge on any atom is 0.226 e. The van der Waals surface area contributed by atoms with Crippen LogP contribution in [0.3, 0.4) is 0 Å². The van der Waals surface area contributed by atoms with Gasteiger partial charge in [0.05, 0.1) is 14.2 Å². The maximum absolute atomic E-state index is 12.8. The molecule has 1 amide bonds. The molecule has 1 aromatic carbocycles. The van der Waals surface area contributed by atoms with Crippen molar-refractivity contribution in [2.75, 3.05) is 33.9 Å². The molecule has 1 saturated carbocycles. The fraction of sp³-hybridized carbons (Fsp3) is 0.682. The zero-order valence-electron chi connectivity index (χ0n) is 17.2. The minimum absolute atomic E-state index is 0. The minimum atomic E-state index is 0. The molecule has 1 aromatic rings. The number of carbonyl (C=O) groups is 1. The van der Waals surface area contributed by atoms with Crippen LogP contribution in [0.25, 0.3) is 0 Å². The Kier molecular flexibility index (Phi) is 8.90. The zero-order chi connectivity index (χ0) is 19.2. The lowest BCUT2D eigenvalue weighted by molar-refractivity contribution is -0.138. The number of nitrogens with zero attached hydrogens (tertiary/aromatic N) is 1. The number of hydrogen-bond donors (Lipinski definition) is 1. The standard InChI is InChI=1S/C22H34N2O3.ClH/c1-26-19-12-17(13-20(14-19)27-2)7-6-16-8-10-24(11-9-16)22(25)21-5-3-4-18(21)15-23;/h12-14,16,18,21H,3-11,15,23H2,1-2H3;1H/t18-,21-;/m1./s1. The molecule has 1 aliphatic heterocycles. The van der Waals surface area contributed by atoms with E-state index in [0.29, 0.717) is 24.3 Å². The largest absolute Gasteiger partial charge is 0.497 e. The Hall–Kier alpha value is -1.46. The summed E-state index contributed by atoms with van der Waals surface area (Å²) in [6.07, 6.45) is 7.67. The molecule has 158 valence electrons. The third kappa shape index (κ3) is 5.54. The van der Waals surface area contributed by atoms with Gasteiger partial charge >= 0.3 is 0 Å². The Bertz CT molecular complexity index is 610. The highest BCUT2D eigenvalue weighted by Gasteiger charge is 2.35. The maximum atomic E-state index is 12.8. The molecule has 0 spiro atoms. The number of aryl methyl sites for hydroxylation is 1. The second kappa shape index (κ2) is 10.9. The van der Waals surface area contributed by atoms with Crippen molar-refractivity contribution in [1.29, 1.82) is 0 Å². The average Bonchev–Trinajstić information content (AvgIpc) is 3.20. The number of nitrogens with two attached hydrogens (primary N) is 1.